The molecule has 19 heteroatoms. The largest absolute Gasteiger partial charge is 0.481 e. The number of hydrogen-bond donors (Lipinski definition) is 6. The van der Waals surface area contributed by atoms with Gasteiger partial charge in [-0.25, -0.2) is 0 Å². The highest BCUT2D eigenvalue weighted by Gasteiger charge is 2.40. The number of carboxylic acid groups (broad SMARTS) is 1. The zero-order valence-electron chi connectivity index (χ0n) is 35.3. The van der Waals surface area contributed by atoms with Crippen molar-refractivity contribution in [1.29, 1.82) is 0 Å². The number of carbonyl (C=O) groups excluding carboxylic acids is 8. The predicted molar refractivity (Wildman–Crippen MR) is 221 cm³/mol. The Bertz CT molecular complexity index is 1680. The molecule has 0 unspecified atom stereocenters. The number of thioether (sulfide) groups is 1. The topological polar surface area (TPSA) is 272 Å². The number of nitrogens with one attached hydrogen (secondary N) is 3. The van der Waals surface area contributed by atoms with Gasteiger partial charge in [-0.2, -0.15) is 0 Å². The molecule has 1 aliphatic heterocycles. The van der Waals surface area contributed by atoms with Crippen LogP contribution in [0.15, 0.2) is 30.3 Å². The number of primary amides is 1. The average molecular weight is 847 g/mol. The standard InChI is InChI=1S/C40H62N8O10S/c1-9-24(6)34(42)36(54)45-27(17-31(41)49)38(56)47(8)30-21-59-40(58)29(16-23(4)5)46(7)37(55)26(15-22(2)3)43-32(50)20-48(19-25-13-11-10-12-14-25)39(57)28(18-33(51)52)44-35(30)53/h10-14,22-24,26-30,34H,9,15-21,42H2,1-8H3,(H2,41,49)(H,43,50)(H,44,53)(H,45,54)(H,51,52)/t24-,26-,27-,28-,29-,30-,34+/m1/s1. The van der Waals surface area contributed by atoms with Gasteiger partial charge in [-0.1, -0.05) is 90.1 Å². The molecule has 7 atom stereocenters. The maximum absolute atomic E-state index is 14.3. The first-order valence-electron chi connectivity index (χ1n) is 19.8. The van der Waals surface area contributed by atoms with Crippen molar-refractivity contribution in [3.8, 4) is 0 Å². The van der Waals surface area contributed by atoms with Crippen LogP contribution in [0.5, 0.6) is 0 Å². The van der Waals surface area contributed by atoms with E-state index in [2.05, 4.69) is 16.0 Å². The second-order valence-corrected chi connectivity index (χ2v) is 16.9. The minimum absolute atomic E-state index is 0.0862. The minimum atomic E-state index is -1.78. The summed E-state index contributed by atoms with van der Waals surface area (Å²) in [4.78, 5) is 125. The highest BCUT2D eigenvalue weighted by molar-refractivity contribution is 8.13. The van der Waals surface area contributed by atoms with Crippen molar-refractivity contribution in [2.75, 3.05) is 26.4 Å². The summed E-state index contributed by atoms with van der Waals surface area (Å²) in [7, 11) is 2.63. The molecule has 1 fully saturated rings. The first-order chi connectivity index (χ1) is 27.6. The maximum atomic E-state index is 14.3. The molecular formula is C40H62N8O10S. The quantitative estimate of drug-likeness (QED) is 0.130. The second kappa shape index (κ2) is 23.5. The third kappa shape index (κ3) is 15.6. The van der Waals surface area contributed by atoms with Crippen molar-refractivity contribution in [3.05, 3.63) is 35.9 Å². The van der Waals surface area contributed by atoms with Crippen LogP contribution in [0.25, 0.3) is 0 Å². The number of aliphatic carboxylic acids is 1. The molecule has 0 saturated carbocycles. The Morgan fingerprint density at radius 3 is 2.10 bits per heavy atom. The summed E-state index contributed by atoms with van der Waals surface area (Å²) >= 11 is 0.625. The van der Waals surface area contributed by atoms with Crippen molar-refractivity contribution in [1.82, 2.24) is 30.7 Å². The summed E-state index contributed by atoms with van der Waals surface area (Å²) in [6.45, 7) is 10.1. The van der Waals surface area contributed by atoms with E-state index >= 15 is 0 Å². The molecular weight excluding hydrogens is 785 g/mol. The third-order valence-electron chi connectivity index (χ3n) is 10.1. The smallest absolute Gasteiger partial charge is 0.305 e. The lowest BCUT2D eigenvalue weighted by Gasteiger charge is -2.35. The summed E-state index contributed by atoms with van der Waals surface area (Å²) in [5, 5.41) is 17.0. The lowest BCUT2D eigenvalue weighted by atomic mass is 9.98. The summed E-state index contributed by atoms with van der Waals surface area (Å²) in [5.74, 6) is -8.43. The Labute approximate surface area is 350 Å². The van der Waals surface area contributed by atoms with E-state index in [0.29, 0.717) is 23.7 Å². The van der Waals surface area contributed by atoms with Gasteiger partial charge in [0.15, 0.2) is 0 Å². The van der Waals surface area contributed by atoms with Crippen molar-refractivity contribution in [2.45, 2.75) is 116 Å². The normalized spacial score (nSPS) is 21.7. The van der Waals surface area contributed by atoms with E-state index in [0.717, 1.165) is 9.80 Å². The van der Waals surface area contributed by atoms with Gasteiger partial charge < -0.3 is 47.2 Å². The number of benzene rings is 1. The molecule has 1 heterocycles. The van der Waals surface area contributed by atoms with Gasteiger partial charge in [0.2, 0.25) is 46.5 Å². The van der Waals surface area contributed by atoms with Gasteiger partial charge in [0, 0.05) is 26.4 Å². The number of carbonyl (C=O) groups is 9. The zero-order valence-corrected chi connectivity index (χ0v) is 36.1. The number of hydrogen-bond acceptors (Lipinski definition) is 11. The number of amides is 7. The van der Waals surface area contributed by atoms with Crippen LogP contribution in [0.4, 0.5) is 0 Å². The third-order valence-corrected chi connectivity index (χ3v) is 11.1. The highest BCUT2D eigenvalue weighted by Crippen LogP contribution is 2.23. The average Bonchev–Trinajstić information content (AvgIpc) is 3.16. The molecule has 7 amide bonds. The molecule has 1 aromatic rings. The fourth-order valence-corrected chi connectivity index (χ4v) is 7.59. The minimum Gasteiger partial charge on any atom is -0.481 e. The van der Waals surface area contributed by atoms with Crippen molar-refractivity contribution < 1.29 is 48.3 Å². The van der Waals surface area contributed by atoms with Gasteiger partial charge in [0.05, 0.1) is 25.4 Å². The first kappa shape index (κ1) is 50.1. The fourth-order valence-electron chi connectivity index (χ4n) is 6.44. The number of nitrogens with two attached hydrogens (primary N) is 2. The molecule has 1 aliphatic rings. The van der Waals surface area contributed by atoms with Gasteiger partial charge >= 0.3 is 5.97 Å². The van der Waals surface area contributed by atoms with Gasteiger partial charge in [-0.05, 0) is 36.2 Å². The molecule has 8 N–H and O–H groups in total. The molecule has 1 aromatic carbocycles. The van der Waals surface area contributed by atoms with Gasteiger partial charge in [-0.3, -0.25) is 43.2 Å². The van der Waals surface area contributed by atoms with Gasteiger partial charge in [-0.15, -0.1) is 0 Å². The molecule has 0 spiro atoms. The molecule has 2 rings (SSSR count). The SMILES string of the molecule is CC[C@@H](C)[C@H](N)C(=O)N[C@H](CC(N)=O)C(=O)N(C)[C@@H]1CSC(=O)[C@@H](CC(C)C)N(C)C(=O)[C@@H](CC(C)C)NC(=O)CN(Cc2ccccc2)C(=O)[C@@H](CC(=O)O)NC1=O. The van der Waals surface area contributed by atoms with E-state index in [1.54, 1.807) is 37.3 Å². The maximum Gasteiger partial charge on any atom is 0.305 e. The van der Waals surface area contributed by atoms with Crippen molar-refractivity contribution >= 4 is 64.2 Å². The van der Waals surface area contributed by atoms with E-state index in [-0.39, 0.29) is 37.1 Å². The summed E-state index contributed by atoms with van der Waals surface area (Å²) in [6, 6.07) is 0.322. The Kier molecular flexibility index (Phi) is 20.0. The van der Waals surface area contributed by atoms with E-state index in [9.17, 15) is 48.3 Å². The Morgan fingerprint density at radius 2 is 1.56 bits per heavy atom. The van der Waals surface area contributed by atoms with Crippen LogP contribution in [0.2, 0.25) is 0 Å². The number of rotatable bonds is 16. The monoisotopic (exact) mass is 846 g/mol. The second-order valence-electron chi connectivity index (χ2n) is 15.9. The zero-order chi connectivity index (χ0) is 44.7. The van der Waals surface area contributed by atoms with E-state index in [1.165, 1.54) is 19.0 Å². The van der Waals surface area contributed by atoms with Crippen molar-refractivity contribution in [3.63, 3.8) is 0 Å². The van der Waals surface area contributed by atoms with Crippen LogP contribution < -0.4 is 27.4 Å². The number of nitrogens with zero attached hydrogens (tertiary/aromatic N) is 3. The van der Waals surface area contributed by atoms with Gasteiger partial charge in [0.25, 0.3) is 0 Å². The Hall–Kier alpha value is -5.04. The molecule has 0 aliphatic carbocycles. The molecule has 1 saturated heterocycles. The van der Waals surface area contributed by atoms with Gasteiger partial charge in [0.1, 0.15) is 30.2 Å². The fraction of sp³-hybridized carbons (Fsp3) is 0.625. The first-order valence-corrected chi connectivity index (χ1v) is 20.7. The molecule has 18 nitrogen and oxygen atoms in total. The summed E-state index contributed by atoms with van der Waals surface area (Å²) < 4.78 is 0. The van der Waals surface area contributed by atoms with Crippen LogP contribution in [0.1, 0.15) is 79.2 Å². The number of likely N-dealkylation sites (N-methyl/N-ethyl adjacent to an activating group) is 2. The lowest BCUT2D eigenvalue weighted by molar-refractivity contribution is -0.147. The van der Waals surface area contributed by atoms with Crippen LogP contribution in [-0.2, 0) is 49.7 Å². The molecule has 328 valence electrons. The molecule has 59 heavy (non-hydrogen) atoms. The van der Waals surface area contributed by atoms with Crippen LogP contribution in [0, 0.1) is 17.8 Å². The Balaban J connectivity index is 2.78. The van der Waals surface area contributed by atoms with Crippen LogP contribution in [-0.4, -0.2) is 135 Å². The summed E-state index contributed by atoms with van der Waals surface area (Å²) in [5.41, 5.74) is 12.1. The predicted octanol–water partition coefficient (Wildman–Crippen LogP) is 0.213. The molecule has 0 bridgehead atoms. The number of carboxylic acids is 1. The molecule has 0 radical (unpaired) electrons. The lowest BCUT2D eigenvalue weighted by Crippen LogP contribution is -2.60. The van der Waals surface area contributed by atoms with E-state index < -0.39 is 114 Å². The van der Waals surface area contributed by atoms with Crippen molar-refractivity contribution in [2.24, 2.45) is 29.2 Å². The van der Waals surface area contributed by atoms with E-state index in [1.807, 2.05) is 34.6 Å². The molecule has 0 aromatic heterocycles. The van der Waals surface area contributed by atoms with E-state index in [4.69, 9.17) is 11.5 Å². The summed E-state index contributed by atoms with van der Waals surface area (Å²) in [6.07, 6.45) is -0.699. The Morgan fingerprint density at radius 1 is 0.949 bits per heavy atom. The van der Waals surface area contributed by atoms with Crippen LogP contribution in [0.3, 0.4) is 0 Å². The van der Waals surface area contributed by atoms with Crippen LogP contribution >= 0.6 is 11.8 Å². The highest BCUT2D eigenvalue weighted by atomic mass is 32.2.